The maximum absolute atomic E-state index is 9.00. The number of rotatable bonds is 0. The zero-order chi connectivity index (χ0) is 18.9. The van der Waals surface area contributed by atoms with Gasteiger partial charge in [-0.3, -0.25) is 28.8 Å². The van der Waals surface area contributed by atoms with Crippen molar-refractivity contribution in [1.82, 2.24) is 0 Å². The van der Waals surface area contributed by atoms with Crippen LogP contribution in [-0.4, -0.2) is 68.0 Å². The summed E-state index contributed by atoms with van der Waals surface area (Å²) in [6.07, 6.45) is 0. The van der Waals surface area contributed by atoms with Gasteiger partial charge in [-0.2, -0.15) is 0 Å². The van der Waals surface area contributed by atoms with Gasteiger partial charge in [0.2, 0.25) is 0 Å². The van der Waals surface area contributed by atoms with E-state index >= 15 is 0 Å². The molecule has 0 aromatic heterocycles. The number of hydrogen-bond acceptors (Lipinski definition) is 6. The molecule has 0 radical (unpaired) electrons. The SMILES string of the molecule is CC(=O)O.CC(=O)O.CC(=O)O.O=CO.O=CO.O=CO. The normalized spacial score (nSPS) is 5.29. The highest BCUT2D eigenvalue weighted by molar-refractivity contribution is 5.63. The van der Waals surface area contributed by atoms with Gasteiger partial charge in [0.1, 0.15) is 0 Å². The number of aliphatic carboxylic acids is 3. The predicted molar refractivity (Wildman–Crippen MR) is 66.0 cm³/mol. The molecule has 0 saturated heterocycles. The van der Waals surface area contributed by atoms with Crippen LogP contribution in [-0.2, 0) is 28.8 Å². The van der Waals surface area contributed by atoms with Crippen LogP contribution in [0.2, 0.25) is 0 Å². The molecule has 0 aliphatic rings. The molecule has 0 fully saturated rings. The lowest BCUT2D eigenvalue weighted by Crippen LogP contribution is -1.78. The van der Waals surface area contributed by atoms with Gasteiger partial charge in [-0.1, -0.05) is 0 Å². The van der Waals surface area contributed by atoms with Gasteiger partial charge in [0.15, 0.2) is 0 Å². The van der Waals surface area contributed by atoms with E-state index in [9.17, 15) is 0 Å². The van der Waals surface area contributed by atoms with Gasteiger partial charge in [-0.05, 0) is 0 Å². The summed E-state index contributed by atoms with van der Waals surface area (Å²) < 4.78 is 0. The molecule has 0 spiro atoms. The van der Waals surface area contributed by atoms with E-state index in [1.165, 1.54) is 0 Å². The average molecular weight is 318 g/mol. The lowest BCUT2D eigenvalue weighted by Gasteiger charge is -1.59. The Kier molecular flexibility index (Phi) is 93.0. The van der Waals surface area contributed by atoms with Crippen LogP contribution in [0.4, 0.5) is 0 Å². The number of carboxylic acids is 3. The molecule has 12 heteroatoms. The van der Waals surface area contributed by atoms with Gasteiger partial charge in [0.25, 0.3) is 37.3 Å². The Labute approximate surface area is 118 Å². The number of carboxylic acid groups (broad SMARTS) is 6. The standard InChI is InChI=1S/3C2H4O2.3CH2O2/c3*1-2(3)4;3*2-1-3/h3*1H3,(H,3,4);3*1H,(H,2,3). The molecule has 0 amide bonds. The second-order valence-corrected chi connectivity index (χ2v) is 1.87. The predicted octanol–water partition coefficient (Wildman–Crippen LogP) is -0.625. The van der Waals surface area contributed by atoms with Gasteiger partial charge in [0, 0.05) is 20.8 Å². The van der Waals surface area contributed by atoms with E-state index in [0.717, 1.165) is 20.8 Å². The maximum atomic E-state index is 9.00. The summed E-state index contributed by atoms with van der Waals surface area (Å²) >= 11 is 0. The molecule has 0 atom stereocenters. The van der Waals surface area contributed by atoms with E-state index in [1.54, 1.807) is 0 Å². The first kappa shape index (κ1) is 36.1. The number of carbonyl (C=O) groups is 6. The molecule has 0 heterocycles. The molecule has 0 aliphatic carbocycles. The lowest BCUT2D eigenvalue weighted by molar-refractivity contribution is -0.135. The molecule has 0 rings (SSSR count). The zero-order valence-corrected chi connectivity index (χ0v) is 11.4. The quantitative estimate of drug-likeness (QED) is 0.307. The molecule has 12 nitrogen and oxygen atoms in total. The van der Waals surface area contributed by atoms with Gasteiger partial charge < -0.3 is 30.6 Å². The third kappa shape index (κ3) is 365. The van der Waals surface area contributed by atoms with Crippen LogP contribution in [0, 0.1) is 0 Å². The Bertz CT molecular complexity index is 205. The molecule has 21 heavy (non-hydrogen) atoms. The Balaban J connectivity index is -0.0000000324. The second-order valence-electron chi connectivity index (χ2n) is 1.87. The molecule has 126 valence electrons. The Hall–Kier alpha value is -3.18. The van der Waals surface area contributed by atoms with Crippen molar-refractivity contribution in [3.05, 3.63) is 0 Å². The molecule has 6 N–H and O–H groups in total. The summed E-state index contributed by atoms with van der Waals surface area (Å²) in [6, 6.07) is 0. The minimum Gasteiger partial charge on any atom is -0.483 e. The molecule has 0 aromatic rings. The van der Waals surface area contributed by atoms with Gasteiger partial charge in [-0.15, -0.1) is 0 Å². The fourth-order valence-corrected chi connectivity index (χ4v) is 0. The van der Waals surface area contributed by atoms with Crippen LogP contribution in [0.25, 0.3) is 0 Å². The summed E-state index contributed by atoms with van der Waals surface area (Å²) in [7, 11) is 0. The van der Waals surface area contributed by atoms with Crippen molar-refractivity contribution in [2.24, 2.45) is 0 Å². The highest BCUT2D eigenvalue weighted by atomic mass is 16.4. The van der Waals surface area contributed by atoms with E-state index < -0.39 is 17.9 Å². The van der Waals surface area contributed by atoms with Crippen molar-refractivity contribution in [1.29, 1.82) is 0 Å². The topological polar surface area (TPSA) is 224 Å². The lowest BCUT2D eigenvalue weighted by atomic mass is 10.9. The highest BCUT2D eigenvalue weighted by Gasteiger charge is 1.66. The zero-order valence-electron chi connectivity index (χ0n) is 11.4. The monoisotopic (exact) mass is 318 g/mol. The molecule has 0 aromatic carbocycles. The van der Waals surface area contributed by atoms with E-state index in [2.05, 4.69) is 0 Å². The third-order valence-corrected chi connectivity index (χ3v) is 0. The first-order valence-electron chi connectivity index (χ1n) is 4.26. The Morgan fingerprint density at radius 3 is 0.571 bits per heavy atom. The van der Waals surface area contributed by atoms with Gasteiger partial charge in [0.05, 0.1) is 0 Å². The molecular formula is C9H18O12. The summed E-state index contributed by atoms with van der Waals surface area (Å²) in [5.74, 6) is -2.50. The van der Waals surface area contributed by atoms with Crippen LogP contribution >= 0.6 is 0 Å². The maximum Gasteiger partial charge on any atom is 0.300 e. The molecular weight excluding hydrogens is 300 g/mol. The third-order valence-electron chi connectivity index (χ3n) is 0. The minimum absolute atomic E-state index is 0.250. The van der Waals surface area contributed by atoms with Crippen molar-refractivity contribution in [3.8, 4) is 0 Å². The highest BCUT2D eigenvalue weighted by Crippen LogP contribution is 1.42. The summed E-state index contributed by atoms with van der Waals surface area (Å²) in [5.41, 5.74) is 0. The molecule has 0 bridgehead atoms. The first-order valence-corrected chi connectivity index (χ1v) is 4.26. The van der Waals surface area contributed by atoms with Crippen molar-refractivity contribution < 1.29 is 59.4 Å². The number of hydrogen-bond donors (Lipinski definition) is 6. The molecule has 0 unspecified atom stereocenters. The molecule has 0 saturated carbocycles. The van der Waals surface area contributed by atoms with Crippen LogP contribution in [0.1, 0.15) is 20.8 Å². The van der Waals surface area contributed by atoms with Crippen molar-refractivity contribution in [2.75, 3.05) is 0 Å². The smallest absolute Gasteiger partial charge is 0.300 e. The van der Waals surface area contributed by atoms with Crippen LogP contribution in [0.3, 0.4) is 0 Å². The van der Waals surface area contributed by atoms with Gasteiger partial charge in [-0.25, -0.2) is 0 Å². The first-order chi connectivity index (χ1) is 9.44. The van der Waals surface area contributed by atoms with Gasteiger partial charge >= 0.3 is 0 Å². The summed E-state index contributed by atoms with van der Waals surface area (Å²) in [4.78, 5) is 52.1. The van der Waals surface area contributed by atoms with Crippen molar-refractivity contribution in [2.45, 2.75) is 20.8 Å². The Morgan fingerprint density at radius 2 is 0.571 bits per heavy atom. The Morgan fingerprint density at radius 1 is 0.571 bits per heavy atom. The molecule has 0 aliphatic heterocycles. The van der Waals surface area contributed by atoms with Crippen LogP contribution in [0.5, 0.6) is 0 Å². The fraction of sp³-hybridized carbons (Fsp3) is 0.333. The van der Waals surface area contributed by atoms with Crippen molar-refractivity contribution in [3.63, 3.8) is 0 Å². The van der Waals surface area contributed by atoms with E-state index in [-0.39, 0.29) is 19.4 Å². The summed E-state index contributed by atoms with van der Waals surface area (Å²) in [6.45, 7) is 2.50. The van der Waals surface area contributed by atoms with E-state index in [1.807, 2.05) is 0 Å². The summed E-state index contributed by atoms with van der Waals surface area (Å²) in [5, 5.41) is 42.9. The van der Waals surface area contributed by atoms with E-state index in [4.69, 9.17) is 59.4 Å². The second kappa shape index (κ2) is 54.1. The van der Waals surface area contributed by atoms with Crippen LogP contribution in [0.15, 0.2) is 0 Å². The average Bonchev–Trinajstić information content (AvgIpc) is 2.16. The largest absolute Gasteiger partial charge is 0.483 e. The van der Waals surface area contributed by atoms with Crippen LogP contribution < -0.4 is 0 Å². The van der Waals surface area contributed by atoms with E-state index in [0.29, 0.717) is 0 Å². The minimum atomic E-state index is -0.833. The van der Waals surface area contributed by atoms with Crippen molar-refractivity contribution >= 4 is 37.3 Å². The fourth-order valence-electron chi connectivity index (χ4n) is 0.